The van der Waals surface area contributed by atoms with Crippen molar-refractivity contribution in [1.29, 1.82) is 0 Å². The van der Waals surface area contributed by atoms with Gasteiger partial charge in [-0.1, -0.05) is 0 Å². The van der Waals surface area contributed by atoms with Crippen LogP contribution in [0.25, 0.3) is 0 Å². The molecule has 0 aliphatic carbocycles. The Kier molecular flexibility index (Phi) is 7.15. The maximum Gasteiger partial charge on any atom is 0.324 e. The van der Waals surface area contributed by atoms with E-state index in [1.165, 1.54) is 0 Å². The van der Waals surface area contributed by atoms with Crippen molar-refractivity contribution in [1.82, 2.24) is 4.90 Å². The van der Waals surface area contributed by atoms with Crippen LogP contribution >= 0.6 is 0 Å². The van der Waals surface area contributed by atoms with Crippen LogP contribution in [0.15, 0.2) is 30.3 Å². The molecule has 1 heterocycles. The van der Waals surface area contributed by atoms with Crippen LogP contribution in [-0.2, 0) is 0 Å². The van der Waals surface area contributed by atoms with Crippen molar-refractivity contribution >= 4 is 17.4 Å². The Labute approximate surface area is 185 Å². The molecule has 31 heavy (non-hydrogen) atoms. The highest BCUT2D eigenvalue weighted by Gasteiger charge is 2.27. The Morgan fingerprint density at radius 2 is 1.45 bits per heavy atom. The van der Waals surface area contributed by atoms with Gasteiger partial charge in [0.05, 0.1) is 27.0 Å². The fourth-order valence-corrected chi connectivity index (χ4v) is 3.86. The minimum atomic E-state index is 0.00641. The number of methoxy groups -OCH3 is 3. The molecule has 0 spiro atoms. The van der Waals surface area contributed by atoms with Gasteiger partial charge in [-0.3, -0.25) is 4.90 Å². The zero-order valence-corrected chi connectivity index (χ0v) is 19.4. The van der Waals surface area contributed by atoms with Crippen molar-refractivity contribution in [3.05, 3.63) is 41.5 Å². The monoisotopic (exact) mass is 427 g/mol. The number of ether oxygens (including phenoxy) is 3. The first-order valence-corrected chi connectivity index (χ1v) is 10.6. The summed E-state index contributed by atoms with van der Waals surface area (Å²) in [4.78, 5) is 19.3. The highest BCUT2D eigenvalue weighted by Crippen LogP contribution is 2.33. The Morgan fingerprint density at radius 1 is 0.871 bits per heavy atom. The van der Waals surface area contributed by atoms with Gasteiger partial charge in [-0.15, -0.1) is 0 Å². The Hall–Kier alpha value is -3.09. The molecule has 168 valence electrons. The molecule has 7 heteroatoms. The summed E-state index contributed by atoms with van der Waals surface area (Å²) in [5, 5.41) is 0. The lowest BCUT2D eigenvalue weighted by Crippen LogP contribution is -2.53. The van der Waals surface area contributed by atoms with Crippen LogP contribution in [0, 0.1) is 13.8 Å². The molecule has 7 nitrogen and oxygen atoms in total. The second-order valence-electron chi connectivity index (χ2n) is 7.68. The Balaban J connectivity index is 1.74. The summed E-state index contributed by atoms with van der Waals surface area (Å²) in [6, 6.07) is 9.89. The molecule has 2 aromatic carbocycles. The molecule has 1 saturated heterocycles. The zero-order valence-electron chi connectivity index (χ0n) is 19.4. The third-order valence-electron chi connectivity index (χ3n) is 5.88. The maximum atomic E-state index is 13.4. The number of aryl methyl sites for hydroxylation is 2. The molecule has 1 fully saturated rings. The summed E-state index contributed by atoms with van der Waals surface area (Å²) in [6.45, 7) is 9.43. The number of rotatable bonds is 6. The zero-order chi connectivity index (χ0) is 22.5. The summed E-state index contributed by atoms with van der Waals surface area (Å²) in [5.74, 6) is 2.24. The number of amides is 2. The van der Waals surface area contributed by atoms with Gasteiger partial charge < -0.3 is 24.0 Å². The van der Waals surface area contributed by atoms with Gasteiger partial charge in [0.25, 0.3) is 0 Å². The van der Waals surface area contributed by atoms with Crippen LogP contribution in [0.4, 0.5) is 16.2 Å². The van der Waals surface area contributed by atoms with Crippen molar-refractivity contribution in [3.63, 3.8) is 0 Å². The summed E-state index contributed by atoms with van der Waals surface area (Å²) < 4.78 is 16.4. The molecule has 2 amide bonds. The van der Waals surface area contributed by atoms with Gasteiger partial charge in [-0.25, -0.2) is 4.79 Å². The third kappa shape index (κ3) is 4.81. The summed E-state index contributed by atoms with van der Waals surface area (Å²) in [5.41, 5.74) is 4.13. The van der Waals surface area contributed by atoms with E-state index in [-0.39, 0.29) is 6.03 Å². The highest BCUT2D eigenvalue weighted by atomic mass is 16.5. The summed E-state index contributed by atoms with van der Waals surface area (Å²) in [6.07, 6.45) is 0. The fourth-order valence-electron chi connectivity index (χ4n) is 3.86. The van der Waals surface area contributed by atoms with E-state index < -0.39 is 0 Å². The van der Waals surface area contributed by atoms with E-state index in [1.54, 1.807) is 26.2 Å². The second kappa shape index (κ2) is 9.81. The molecule has 0 saturated carbocycles. The molecule has 0 unspecified atom stereocenters. The lowest BCUT2D eigenvalue weighted by atomic mass is 10.1. The topological polar surface area (TPSA) is 54.5 Å². The maximum absolute atomic E-state index is 13.4. The Morgan fingerprint density at radius 3 is 1.97 bits per heavy atom. The van der Waals surface area contributed by atoms with Gasteiger partial charge in [0.15, 0.2) is 0 Å². The van der Waals surface area contributed by atoms with Crippen LogP contribution < -0.4 is 24.0 Å². The highest BCUT2D eigenvalue weighted by molar-refractivity contribution is 5.94. The van der Waals surface area contributed by atoms with Crippen molar-refractivity contribution in [2.75, 3.05) is 63.9 Å². The lowest BCUT2D eigenvalue weighted by molar-refractivity contribution is 0.201. The van der Waals surface area contributed by atoms with E-state index in [4.69, 9.17) is 14.2 Å². The summed E-state index contributed by atoms with van der Waals surface area (Å²) in [7, 11) is 4.94. The number of carbonyl (C=O) groups excluding carboxylic acids is 1. The first-order valence-electron chi connectivity index (χ1n) is 10.6. The van der Waals surface area contributed by atoms with Crippen molar-refractivity contribution in [2.45, 2.75) is 20.8 Å². The van der Waals surface area contributed by atoms with Crippen LogP contribution in [0.3, 0.4) is 0 Å². The molecule has 3 rings (SSSR count). The third-order valence-corrected chi connectivity index (χ3v) is 5.88. The number of anilines is 2. The normalized spacial score (nSPS) is 13.7. The lowest BCUT2D eigenvalue weighted by Gasteiger charge is -2.38. The number of carbonyl (C=O) groups is 1. The number of piperazine rings is 1. The largest absolute Gasteiger partial charge is 0.497 e. The Bertz CT molecular complexity index is 901. The molecular weight excluding hydrogens is 394 g/mol. The smallest absolute Gasteiger partial charge is 0.324 e. The molecule has 1 aliphatic rings. The van der Waals surface area contributed by atoms with Gasteiger partial charge in [0.2, 0.25) is 0 Å². The van der Waals surface area contributed by atoms with Gasteiger partial charge in [-0.2, -0.15) is 0 Å². The van der Waals surface area contributed by atoms with Gasteiger partial charge >= 0.3 is 6.03 Å². The van der Waals surface area contributed by atoms with E-state index in [0.29, 0.717) is 19.6 Å². The molecular formula is C24H33N3O4. The number of nitrogens with zero attached hydrogens (tertiary/aromatic N) is 3. The first-order chi connectivity index (χ1) is 14.9. The van der Waals surface area contributed by atoms with E-state index in [9.17, 15) is 4.79 Å². The number of benzene rings is 2. The van der Waals surface area contributed by atoms with Crippen LogP contribution in [0.2, 0.25) is 0 Å². The predicted octanol–water partition coefficient (Wildman–Crippen LogP) is 4.10. The second-order valence-corrected chi connectivity index (χ2v) is 7.68. The molecule has 0 atom stereocenters. The fraction of sp³-hybridized carbons (Fsp3) is 0.458. The number of urea groups is 1. The van der Waals surface area contributed by atoms with Crippen molar-refractivity contribution in [3.8, 4) is 17.2 Å². The molecule has 0 bridgehead atoms. The van der Waals surface area contributed by atoms with Crippen molar-refractivity contribution < 1.29 is 19.0 Å². The number of hydrogen-bond donors (Lipinski definition) is 0. The van der Waals surface area contributed by atoms with E-state index in [0.717, 1.165) is 52.8 Å². The van der Waals surface area contributed by atoms with Crippen LogP contribution in [-0.4, -0.2) is 65.0 Å². The SMILES string of the molecule is CCN(C(=O)N1CCN(c2cc(OC)cc(OC)c2)CC1)c1cc(C)c(C)cc1OC. The number of hydrogen-bond acceptors (Lipinski definition) is 5. The average Bonchev–Trinajstić information content (AvgIpc) is 2.81. The van der Waals surface area contributed by atoms with Gasteiger partial charge in [-0.05, 0) is 44.0 Å². The van der Waals surface area contributed by atoms with E-state index in [2.05, 4.69) is 11.8 Å². The molecule has 0 aromatic heterocycles. The molecule has 0 radical (unpaired) electrons. The molecule has 2 aromatic rings. The average molecular weight is 428 g/mol. The minimum Gasteiger partial charge on any atom is -0.497 e. The molecule has 1 aliphatic heterocycles. The van der Waals surface area contributed by atoms with Crippen LogP contribution in [0.1, 0.15) is 18.1 Å². The summed E-state index contributed by atoms with van der Waals surface area (Å²) >= 11 is 0. The van der Waals surface area contributed by atoms with Gasteiger partial charge in [0, 0.05) is 56.6 Å². The van der Waals surface area contributed by atoms with Crippen molar-refractivity contribution in [2.24, 2.45) is 0 Å². The van der Waals surface area contributed by atoms with E-state index in [1.807, 2.05) is 49.1 Å². The molecule has 0 N–H and O–H groups in total. The quantitative estimate of drug-likeness (QED) is 0.695. The van der Waals surface area contributed by atoms with Gasteiger partial charge in [0.1, 0.15) is 17.2 Å². The standard InChI is InChI=1S/C24H33N3O4/c1-7-27(22-12-17(2)18(3)13-23(22)31-6)24(28)26-10-8-25(9-11-26)19-14-20(29-4)16-21(15-19)30-5/h12-16H,7-11H2,1-6H3. The minimum absolute atomic E-state index is 0.00641. The van der Waals surface area contributed by atoms with Crippen LogP contribution in [0.5, 0.6) is 17.2 Å². The predicted molar refractivity (Wildman–Crippen MR) is 124 cm³/mol. The first kappa shape index (κ1) is 22.6. The van der Waals surface area contributed by atoms with E-state index >= 15 is 0 Å².